The molecule has 1 aromatic heterocycles. The Bertz CT molecular complexity index is 453. The molecule has 1 atom stereocenters. The summed E-state index contributed by atoms with van der Waals surface area (Å²) in [5.41, 5.74) is 10.6. The number of primary amides is 1. The topological polar surface area (TPSA) is 120 Å². The van der Waals surface area contributed by atoms with Crippen LogP contribution in [-0.2, 0) is 21.6 Å². The first-order valence-corrected chi connectivity index (χ1v) is 6.11. The van der Waals surface area contributed by atoms with Crippen LogP contribution < -0.4 is 11.5 Å². The Hall–Kier alpha value is -1.51. The van der Waals surface area contributed by atoms with Gasteiger partial charge in [0.05, 0.1) is 25.3 Å². The maximum atomic E-state index is 11.3. The molecule has 0 bridgehead atoms. The molecule has 0 radical (unpaired) electrons. The molecule has 1 aliphatic heterocycles. The molecule has 19 heavy (non-hydrogen) atoms. The summed E-state index contributed by atoms with van der Waals surface area (Å²) in [6.45, 7) is 5.38. The van der Waals surface area contributed by atoms with E-state index in [0.717, 1.165) is 0 Å². The Kier molecular flexibility index (Phi) is 3.83. The highest BCUT2D eigenvalue weighted by Gasteiger charge is 2.30. The molecule has 0 aromatic carbocycles. The van der Waals surface area contributed by atoms with Crippen LogP contribution in [0.15, 0.2) is 4.52 Å². The average molecular weight is 269 g/mol. The van der Waals surface area contributed by atoms with Gasteiger partial charge in [-0.2, -0.15) is 4.98 Å². The van der Waals surface area contributed by atoms with Gasteiger partial charge in [0.2, 0.25) is 11.8 Å². The second-order valence-corrected chi connectivity index (χ2v) is 5.20. The zero-order chi connectivity index (χ0) is 14.0. The van der Waals surface area contributed by atoms with Crippen LogP contribution in [0.25, 0.3) is 0 Å². The number of nitrogens with two attached hydrogens (primary N) is 2. The molecule has 1 saturated heterocycles. The van der Waals surface area contributed by atoms with Crippen molar-refractivity contribution in [1.82, 2.24) is 15.0 Å². The summed E-state index contributed by atoms with van der Waals surface area (Å²) in [5.74, 6) is 0.437. The summed E-state index contributed by atoms with van der Waals surface area (Å²) >= 11 is 0. The standard InChI is InChI=1S/C11H19N5O3/c1-11(2,13)10-14-8(19-15-10)5-16-3-4-18-6-7(16)9(12)17/h7H,3-6,13H2,1-2H3,(H2,12,17). The van der Waals surface area contributed by atoms with Crippen LogP contribution in [0.1, 0.15) is 25.6 Å². The zero-order valence-corrected chi connectivity index (χ0v) is 11.1. The normalized spacial score (nSPS) is 21.5. The first-order valence-electron chi connectivity index (χ1n) is 6.11. The number of carbonyl (C=O) groups is 1. The Morgan fingerprint density at radius 2 is 2.32 bits per heavy atom. The number of ether oxygens (including phenoxy) is 1. The molecule has 0 saturated carbocycles. The molecule has 106 valence electrons. The van der Waals surface area contributed by atoms with Crippen LogP contribution in [0.4, 0.5) is 0 Å². The number of nitrogens with zero attached hydrogens (tertiary/aromatic N) is 3. The fourth-order valence-electron chi connectivity index (χ4n) is 1.84. The predicted molar refractivity (Wildman–Crippen MR) is 65.7 cm³/mol. The lowest BCUT2D eigenvalue weighted by Gasteiger charge is -2.32. The number of morpholine rings is 1. The zero-order valence-electron chi connectivity index (χ0n) is 11.1. The summed E-state index contributed by atoms with van der Waals surface area (Å²) < 4.78 is 10.4. The van der Waals surface area contributed by atoms with E-state index in [1.54, 1.807) is 13.8 Å². The van der Waals surface area contributed by atoms with E-state index in [1.165, 1.54) is 0 Å². The average Bonchev–Trinajstić information content (AvgIpc) is 2.77. The SMILES string of the molecule is CC(C)(N)c1noc(CN2CCOCC2C(N)=O)n1. The highest BCUT2D eigenvalue weighted by molar-refractivity contribution is 5.80. The van der Waals surface area contributed by atoms with E-state index in [1.807, 2.05) is 4.90 Å². The Morgan fingerprint density at radius 1 is 1.58 bits per heavy atom. The van der Waals surface area contributed by atoms with Crippen molar-refractivity contribution in [3.8, 4) is 0 Å². The highest BCUT2D eigenvalue weighted by atomic mass is 16.5. The number of rotatable bonds is 4. The molecular formula is C11H19N5O3. The minimum atomic E-state index is -0.657. The van der Waals surface area contributed by atoms with Crippen molar-refractivity contribution >= 4 is 5.91 Å². The molecule has 1 aliphatic rings. The highest BCUT2D eigenvalue weighted by Crippen LogP contribution is 2.15. The van der Waals surface area contributed by atoms with Gasteiger partial charge < -0.3 is 20.7 Å². The predicted octanol–water partition coefficient (Wildman–Crippen LogP) is -1.05. The summed E-state index contributed by atoms with van der Waals surface area (Å²) in [7, 11) is 0. The number of hydrogen-bond acceptors (Lipinski definition) is 7. The van der Waals surface area contributed by atoms with E-state index < -0.39 is 17.5 Å². The quantitative estimate of drug-likeness (QED) is 0.715. The van der Waals surface area contributed by atoms with Gasteiger partial charge in [-0.05, 0) is 13.8 Å². The third-order valence-electron chi connectivity index (χ3n) is 2.95. The van der Waals surface area contributed by atoms with Gasteiger partial charge in [-0.25, -0.2) is 0 Å². The van der Waals surface area contributed by atoms with Crippen LogP contribution in [0, 0.1) is 0 Å². The maximum Gasteiger partial charge on any atom is 0.240 e. The van der Waals surface area contributed by atoms with E-state index >= 15 is 0 Å². The van der Waals surface area contributed by atoms with E-state index in [-0.39, 0.29) is 0 Å². The van der Waals surface area contributed by atoms with Crippen molar-refractivity contribution in [3.63, 3.8) is 0 Å². The monoisotopic (exact) mass is 269 g/mol. The van der Waals surface area contributed by atoms with E-state index in [9.17, 15) is 4.79 Å². The minimum absolute atomic E-state index is 0.290. The molecule has 4 N–H and O–H groups in total. The largest absolute Gasteiger partial charge is 0.378 e. The van der Waals surface area contributed by atoms with Gasteiger partial charge in [0.25, 0.3) is 0 Å². The molecule has 1 amide bonds. The van der Waals surface area contributed by atoms with Crippen molar-refractivity contribution in [2.45, 2.75) is 32.0 Å². The molecule has 0 spiro atoms. The van der Waals surface area contributed by atoms with Crippen LogP contribution in [0.2, 0.25) is 0 Å². The molecule has 1 fully saturated rings. The number of carbonyl (C=O) groups excluding carboxylic acids is 1. The van der Waals surface area contributed by atoms with Crippen molar-refractivity contribution in [1.29, 1.82) is 0 Å². The summed E-state index contributed by atoms with van der Waals surface area (Å²) in [4.78, 5) is 17.4. The fourth-order valence-corrected chi connectivity index (χ4v) is 1.84. The molecule has 2 heterocycles. The Morgan fingerprint density at radius 3 is 2.89 bits per heavy atom. The van der Waals surface area contributed by atoms with E-state index in [4.69, 9.17) is 20.7 Å². The first-order chi connectivity index (χ1) is 8.88. The molecule has 8 heteroatoms. The van der Waals surface area contributed by atoms with Crippen LogP contribution in [0.5, 0.6) is 0 Å². The first kappa shape index (κ1) is 13.9. The van der Waals surface area contributed by atoms with Gasteiger partial charge in [-0.1, -0.05) is 5.16 Å². The van der Waals surface area contributed by atoms with Crippen molar-refractivity contribution in [3.05, 3.63) is 11.7 Å². The van der Waals surface area contributed by atoms with E-state index in [2.05, 4.69) is 10.1 Å². The van der Waals surface area contributed by atoms with Gasteiger partial charge in [-0.3, -0.25) is 9.69 Å². The third-order valence-corrected chi connectivity index (χ3v) is 2.95. The van der Waals surface area contributed by atoms with Crippen molar-refractivity contribution in [2.75, 3.05) is 19.8 Å². The second-order valence-electron chi connectivity index (χ2n) is 5.20. The van der Waals surface area contributed by atoms with Crippen LogP contribution >= 0.6 is 0 Å². The van der Waals surface area contributed by atoms with Gasteiger partial charge in [-0.15, -0.1) is 0 Å². The Labute approximate surface area is 111 Å². The van der Waals surface area contributed by atoms with Gasteiger partial charge >= 0.3 is 0 Å². The number of aromatic nitrogens is 2. The third kappa shape index (κ3) is 3.28. The van der Waals surface area contributed by atoms with Crippen molar-refractivity contribution < 1.29 is 14.1 Å². The van der Waals surface area contributed by atoms with Gasteiger partial charge in [0.1, 0.15) is 6.04 Å². The molecule has 1 unspecified atom stereocenters. The van der Waals surface area contributed by atoms with Crippen LogP contribution in [0.3, 0.4) is 0 Å². The molecule has 8 nitrogen and oxygen atoms in total. The van der Waals surface area contributed by atoms with E-state index in [0.29, 0.717) is 38.0 Å². The lowest BCUT2D eigenvalue weighted by atomic mass is 10.1. The molecule has 0 aliphatic carbocycles. The minimum Gasteiger partial charge on any atom is -0.378 e. The molecule has 2 rings (SSSR count). The summed E-state index contributed by atoms with van der Waals surface area (Å²) in [6, 6.07) is -0.463. The lowest BCUT2D eigenvalue weighted by Crippen LogP contribution is -2.51. The summed E-state index contributed by atoms with van der Waals surface area (Å²) in [5, 5.41) is 3.84. The second kappa shape index (κ2) is 5.24. The number of hydrogen-bond donors (Lipinski definition) is 2. The van der Waals surface area contributed by atoms with Crippen molar-refractivity contribution in [2.24, 2.45) is 11.5 Å². The fraction of sp³-hybridized carbons (Fsp3) is 0.727. The van der Waals surface area contributed by atoms with Gasteiger partial charge in [0.15, 0.2) is 5.82 Å². The number of amides is 1. The maximum absolute atomic E-state index is 11.3. The Balaban J connectivity index is 2.07. The molecular weight excluding hydrogens is 250 g/mol. The lowest BCUT2D eigenvalue weighted by molar-refractivity contribution is -0.129. The smallest absolute Gasteiger partial charge is 0.240 e. The van der Waals surface area contributed by atoms with Crippen LogP contribution in [-0.4, -0.2) is 46.7 Å². The van der Waals surface area contributed by atoms with Gasteiger partial charge in [0, 0.05) is 6.54 Å². The summed E-state index contributed by atoms with van der Waals surface area (Å²) in [6.07, 6.45) is 0. The molecule has 1 aromatic rings.